The van der Waals surface area contributed by atoms with Crippen LogP contribution in [0.3, 0.4) is 0 Å². The number of hydrogen-bond donors (Lipinski definition) is 4. The van der Waals surface area contributed by atoms with E-state index in [2.05, 4.69) is 25.9 Å². The summed E-state index contributed by atoms with van der Waals surface area (Å²) in [7, 11) is -4.41. The summed E-state index contributed by atoms with van der Waals surface area (Å²) in [6.45, 7) is 5.84. The van der Waals surface area contributed by atoms with Crippen LogP contribution in [-0.4, -0.2) is 149 Å². The number of aromatic nitrogens is 4. The molecule has 0 aromatic carbocycles. The number of aliphatic hydroxyl groups is 2. The quantitative estimate of drug-likeness (QED) is 0.0680. The molecule has 5 atom stereocenters. The highest BCUT2D eigenvalue weighted by Crippen LogP contribution is 2.56. The summed E-state index contributed by atoms with van der Waals surface area (Å²) in [6, 6.07) is 0. The summed E-state index contributed by atoms with van der Waals surface area (Å²) >= 11 is 6.37. The summed E-state index contributed by atoms with van der Waals surface area (Å²) in [5.41, 5.74) is -0.816. The van der Waals surface area contributed by atoms with Gasteiger partial charge in [0, 0.05) is 24.9 Å². The molecule has 6 rings (SSSR count). The van der Waals surface area contributed by atoms with Gasteiger partial charge in [0.2, 0.25) is 5.28 Å². The van der Waals surface area contributed by atoms with Crippen molar-refractivity contribution < 1.29 is 57.7 Å². The second-order valence-corrected chi connectivity index (χ2v) is 15.1. The molecule has 17 nitrogen and oxygen atoms in total. The van der Waals surface area contributed by atoms with E-state index in [4.69, 9.17) is 61.0 Å². The van der Waals surface area contributed by atoms with Gasteiger partial charge >= 0.3 is 7.60 Å². The zero-order valence-electron chi connectivity index (χ0n) is 27.7. The van der Waals surface area contributed by atoms with Crippen LogP contribution in [0.4, 0.5) is 5.82 Å². The van der Waals surface area contributed by atoms with Crippen molar-refractivity contribution in [3.8, 4) is 12.3 Å². The lowest BCUT2D eigenvalue weighted by Crippen LogP contribution is -2.58. The molecule has 4 fully saturated rings. The Bertz CT molecular complexity index is 1530. The number of nitrogens with zero attached hydrogens (tertiary/aromatic N) is 5. The molecule has 4 heterocycles. The SMILES string of the molecule is C#CCOCCOCCOCCOCCOC1CCC2(CC1)CN(c1nc(Cl)nc3c1cnn3[C@@H]1OC3(C[C@@H]3OCP(=O)(O)O)[C@@H](O)[C@H]1O)C2. The molecule has 2 aromatic heterocycles. The van der Waals surface area contributed by atoms with Crippen LogP contribution in [0, 0.1) is 17.8 Å². The molecule has 0 bridgehead atoms. The van der Waals surface area contributed by atoms with E-state index in [9.17, 15) is 14.8 Å². The number of anilines is 1. The van der Waals surface area contributed by atoms with Gasteiger partial charge in [0.05, 0.1) is 76.6 Å². The molecule has 50 heavy (non-hydrogen) atoms. The van der Waals surface area contributed by atoms with Crippen LogP contribution in [0.1, 0.15) is 38.3 Å². The molecule has 4 aliphatic rings. The molecular formula is C31H45ClN5O12P. The highest BCUT2D eigenvalue weighted by Gasteiger charge is 2.70. The van der Waals surface area contributed by atoms with Crippen molar-refractivity contribution in [1.29, 1.82) is 0 Å². The first-order chi connectivity index (χ1) is 24.0. The largest absolute Gasteiger partial charge is 0.387 e. The molecular weight excluding hydrogens is 701 g/mol. The monoisotopic (exact) mass is 745 g/mol. The maximum atomic E-state index is 11.2. The first-order valence-corrected chi connectivity index (χ1v) is 18.9. The number of ether oxygens (including phenoxy) is 7. The standard InChI is InChI=1S/C31H45ClN5O12P/c1-2-7-43-8-9-44-10-11-45-12-13-46-14-15-47-21-3-5-30(6-4-21)18-36(19-30)26-22-17-33-37(27(22)35-29(32)34-26)28-24(38)25(39)31(49-28)16-23(31)48-20-50(40,41)42/h1,17,21,23-25,28,38-39H,3-16,18-20H2,(H2,40,41,42)/t23-,24+,25-,28+,31?/m0/s1. The fraction of sp³-hybridized carbons (Fsp3) is 0.774. The van der Waals surface area contributed by atoms with Gasteiger partial charge in [-0.15, -0.1) is 6.42 Å². The third kappa shape index (κ3) is 8.78. The van der Waals surface area contributed by atoms with Crippen molar-refractivity contribution in [2.24, 2.45) is 5.41 Å². The Balaban J connectivity index is 0.912. The molecule has 0 amide bonds. The first kappa shape index (κ1) is 37.7. The molecule has 2 saturated carbocycles. The number of fused-ring (bicyclic) bond motifs is 1. The second kappa shape index (κ2) is 16.3. The molecule has 2 aromatic rings. The summed E-state index contributed by atoms with van der Waals surface area (Å²) in [5.74, 6) is 3.03. The zero-order chi connectivity index (χ0) is 35.4. The molecule has 1 unspecified atom stereocenters. The highest BCUT2D eigenvalue weighted by molar-refractivity contribution is 7.51. The Kier molecular flexibility index (Phi) is 12.3. The average molecular weight is 746 g/mol. The lowest BCUT2D eigenvalue weighted by atomic mass is 9.68. The van der Waals surface area contributed by atoms with E-state index in [0.29, 0.717) is 69.7 Å². The van der Waals surface area contributed by atoms with Crippen LogP contribution in [0.5, 0.6) is 0 Å². The Hall–Kier alpha value is -2.01. The van der Waals surface area contributed by atoms with Crippen LogP contribution < -0.4 is 4.90 Å². The fourth-order valence-corrected chi connectivity index (χ4v) is 7.57. The van der Waals surface area contributed by atoms with Gasteiger partial charge in [0.15, 0.2) is 11.9 Å². The van der Waals surface area contributed by atoms with Gasteiger partial charge in [-0.1, -0.05) is 5.92 Å². The van der Waals surface area contributed by atoms with Crippen molar-refractivity contribution >= 4 is 36.0 Å². The Morgan fingerprint density at radius 1 is 0.980 bits per heavy atom. The van der Waals surface area contributed by atoms with Crippen LogP contribution in [-0.2, 0) is 37.7 Å². The highest BCUT2D eigenvalue weighted by atomic mass is 35.5. The van der Waals surface area contributed by atoms with Gasteiger partial charge in [-0.05, 0) is 37.3 Å². The zero-order valence-corrected chi connectivity index (χ0v) is 29.3. The number of aliphatic hydroxyl groups excluding tert-OH is 2. The summed E-state index contributed by atoms with van der Waals surface area (Å²) in [6.07, 6.45) is 5.55. The van der Waals surface area contributed by atoms with Crippen LogP contribution in [0.15, 0.2) is 6.20 Å². The lowest BCUT2D eigenvalue weighted by molar-refractivity contribution is -0.0751. The molecule has 19 heteroatoms. The Labute approximate surface area is 294 Å². The minimum Gasteiger partial charge on any atom is -0.387 e. The van der Waals surface area contributed by atoms with Crippen molar-refractivity contribution in [3.05, 3.63) is 11.5 Å². The normalized spacial score (nSPS) is 27.7. The van der Waals surface area contributed by atoms with Crippen molar-refractivity contribution in [3.63, 3.8) is 0 Å². The van der Waals surface area contributed by atoms with Crippen molar-refractivity contribution in [2.45, 2.75) is 68.3 Å². The summed E-state index contributed by atoms with van der Waals surface area (Å²) in [4.78, 5) is 29.3. The maximum absolute atomic E-state index is 11.2. The van der Waals surface area contributed by atoms with E-state index in [1.54, 1.807) is 6.20 Å². The van der Waals surface area contributed by atoms with Gasteiger partial charge in [-0.3, -0.25) is 4.57 Å². The number of halogens is 1. The van der Waals surface area contributed by atoms with Gasteiger partial charge in [-0.2, -0.15) is 15.1 Å². The molecule has 0 radical (unpaired) electrons. The van der Waals surface area contributed by atoms with E-state index in [0.717, 1.165) is 38.8 Å². The van der Waals surface area contributed by atoms with E-state index < -0.39 is 44.1 Å². The summed E-state index contributed by atoms with van der Waals surface area (Å²) in [5, 5.41) is 26.7. The van der Waals surface area contributed by atoms with Gasteiger partial charge in [-0.25, -0.2) is 4.68 Å². The first-order valence-electron chi connectivity index (χ1n) is 16.8. The molecule has 2 saturated heterocycles. The average Bonchev–Trinajstić information content (AvgIpc) is 3.53. The van der Waals surface area contributed by atoms with E-state index in [1.165, 1.54) is 4.68 Å². The minimum absolute atomic E-state index is 0.00510. The van der Waals surface area contributed by atoms with Crippen LogP contribution in [0.2, 0.25) is 5.28 Å². The smallest absolute Gasteiger partial charge is 0.350 e. The van der Waals surface area contributed by atoms with Crippen molar-refractivity contribution in [1.82, 2.24) is 19.7 Å². The molecule has 2 aliphatic carbocycles. The van der Waals surface area contributed by atoms with Crippen LogP contribution >= 0.6 is 19.2 Å². The lowest BCUT2D eigenvalue weighted by Gasteiger charge is -2.54. The third-order valence-electron chi connectivity index (χ3n) is 9.67. The van der Waals surface area contributed by atoms with Crippen molar-refractivity contribution in [2.75, 3.05) is 83.8 Å². The van der Waals surface area contributed by atoms with E-state index in [1.807, 2.05) is 0 Å². The predicted octanol–water partition coefficient (Wildman–Crippen LogP) is 0.858. The predicted molar refractivity (Wildman–Crippen MR) is 177 cm³/mol. The third-order valence-corrected chi connectivity index (χ3v) is 10.3. The van der Waals surface area contributed by atoms with E-state index >= 15 is 0 Å². The fourth-order valence-electron chi connectivity index (χ4n) is 7.03. The van der Waals surface area contributed by atoms with Gasteiger partial charge < -0.3 is 58.1 Å². The number of terminal acetylenes is 1. The number of hydrogen-bond acceptors (Lipinski definition) is 14. The van der Waals surface area contributed by atoms with E-state index in [-0.39, 0.29) is 29.8 Å². The summed E-state index contributed by atoms with van der Waals surface area (Å²) < 4.78 is 51.6. The van der Waals surface area contributed by atoms with Gasteiger partial charge in [0.25, 0.3) is 0 Å². The Morgan fingerprint density at radius 2 is 1.62 bits per heavy atom. The molecule has 2 aliphatic heterocycles. The Morgan fingerprint density at radius 3 is 2.26 bits per heavy atom. The van der Waals surface area contributed by atoms with Gasteiger partial charge in [0.1, 0.15) is 36.6 Å². The second-order valence-electron chi connectivity index (χ2n) is 13.2. The molecule has 278 valence electrons. The minimum atomic E-state index is -4.41. The topological polar surface area (TPSA) is 209 Å². The molecule has 4 N–H and O–H groups in total. The van der Waals surface area contributed by atoms with Crippen LogP contribution in [0.25, 0.3) is 11.0 Å². The number of rotatable bonds is 19. The molecule has 2 spiro atoms. The maximum Gasteiger partial charge on any atom is 0.350 e.